The molecule has 0 radical (unpaired) electrons. The highest BCUT2D eigenvalue weighted by Gasteiger charge is 2.33. The van der Waals surface area contributed by atoms with E-state index in [2.05, 4.69) is 0 Å². The molecular weight excluding hydrogens is 252 g/mol. The lowest BCUT2D eigenvalue weighted by Crippen LogP contribution is -2.36. The number of aliphatic hydroxyl groups is 1. The standard InChI is InChI=1S/C14H17ClO3/c15-10-1-2-13-11(7-10)12(16)8-14(18-13)9-3-5-17-6-4-9/h1-2,7,9,12,14,16H,3-6,8H2/t12-,14?/m1/s1. The average molecular weight is 269 g/mol. The summed E-state index contributed by atoms with van der Waals surface area (Å²) in [5, 5.41) is 10.9. The Morgan fingerprint density at radius 1 is 1.22 bits per heavy atom. The van der Waals surface area contributed by atoms with Crippen molar-refractivity contribution in [1.82, 2.24) is 0 Å². The van der Waals surface area contributed by atoms with Crippen LogP contribution in [0.5, 0.6) is 5.75 Å². The van der Waals surface area contributed by atoms with Crippen LogP contribution in [0.15, 0.2) is 18.2 Å². The molecule has 18 heavy (non-hydrogen) atoms. The summed E-state index contributed by atoms with van der Waals surface area (Å²) in [5.74, 6) is 1.26. The van der Waals surface area contributed by atoms with Crippen LogP contribution in [0, 0.1) is 5.92 Å². The van der Waals surface area contributed by atoms with E-state index in [1.54, 1.807) is 12.1 Å². The van der Waals surface area contributed by atoms with Crippen molar-refractivity contribution in [2.75, 3.05) is 13.2 Å². The molecule has 2 heterocycles. The molecule has 2 atom stereocenters. The highest BCUT2D eigenvalue weighted by Crippen LogP contribution is 2.39. The summed E-state index contributed by atoms with van der Waals surface area (Å²) in [5.41, 5.74) is 0.811. The molecule has 1 saturated heterocycles. The van der Waals surface area contributed by atoms with Crippen LogP contribution in [-0.2, 0) is 4.74 Å². The van der Waals surface area contributed by atoms with E-state index in [-0.39, 0.29) is 6.10 Å². The number of benzene rings is 1. The largest absolute Gasteiger partial charge is 0.490 e. The van der Waals surface area contributed by atoms with Gasteiger partial charge in [0.15, 0.2) is 0 Å². The fourth-order valence-electron chi connectivity index (χ4n) is 2.82. The van der Waals surface area contributed by atoms with Crippen LogP contribution in [0.25, 0.3) is 0 Å². The Kier molecular flexibility index (Phi) is 3.46. The maximum atomic E-state index is 10.2. The van der Waals surface area contributed by atoms with E-state index in [9.17, 15) is 5.11 Å². The van der Waals surface area contributed by atoms with Crippen LogP contribution >= 0.6 is 11.6 Å². The maximum absolute atomic E-state index is 10.2. The van der Waals surface area contributed by atoms with Gasteiger partial charge < -0.3 is 14.6 Å². The van der Waals surface area contributed by atoms with Gasteiger partial charge in [-0.1, -0.05) is 11.6 Å². The van der Waals surface area contributed by atoms with E-state index in [0.29, 0.717) is 17.4 Å². The molecule has 1 aromatic rings. The Bertz CT molecular complexity index is 429. The maximum Gasteiger partial charge on any atom is 0.125 e. The molecular formula is C14H17ClO3. The minimum Gasteiger partial charge on any atom is -0.490 e. The van der Waals surface area contributed by atoms with Gasteiger partial charge in [-0.25, -0.2) is 0 Å². The molecule has 2 aliphatic heterocycles. The summed E-state index contributed by atoms with van der Waals surface area (Å²) < 4.78 is 11.4. The van der Waals surface area contributed by atoms with Crippen molar-refractivity contribution in [3.8, 4) is 5.75 Å². The summed E-state index contributed by atoms with van der Waals surface area (Å²) in [6, 6.07) is 5.45. The zero-order chi connectivity index (χ0) is 12.5. The third-order valence-corrected chi connectivity index (χ3v) is 4.09. The first-order valence-electron chi connectivity index (χ1n) is 6.46. The van der Waals surface area contributed by atoms with E-state index in [1.165, 1.54) is 0 Å². The van der Waals surface area contributed by atoms with Gasteiger partial charge in [0.05, 0.1) is 6.10 Å². The first kappa shape index (κ1) is 12.3. The fraction of sp³-hybridized carbons (Fsp3) is 0.571. The van der Waals surface area contributed by atoms with Crippen molar-refractivity contribution in [3.05, 3.63) is 28.8 Å². The smallest absolute Gasteiger partial charge is 0.125 e. The topological polar surface area (TPSA) is 38.7 Å². The number of hydrogen-bond donors (Lipinski definition) is 1. The van der Waals surface area contributed by atoms with Gasteiger partial charge in [-0.3, -0.25) is 0 Å². The normalized spacial score (nSPS) is 28.6. The van der Waals surface area contributed by atoms with Gasteiger partial charge >= 0.3 is 0 Å². The number of aliphatic hydroxyl groups excluding tert-OH is 1. The van der Waals surface area contributed by atoms with Crippen molar-refractivity contribution in [2.45, 2.75) is 31.5 Å². The van der Waals surface area contributed by atoms with E-state index in [1.807, 2.05) is 6.07 Å². The quantitative estimate of drug-likeness (QED) is 0.851. The third kappa shape index (κ3) is 2.35. The van der Waals surface area contributed by atoms with Gasteiger partial charge in [0, 0.05) is 36.1 Å². The van der Waals surface area contributed by atoms with Crippen LogP contribution in [0.1, 0.15) is 30.9 Å². The minimum absolute atomic E-state index is 0.0950. The van der Waals surface area contributed by atoms with Gasteiger partial charge in [0.1, 0.15) is 11.9 Å². The highest BCUT2D eigenvalue weighted by atomic mass is 35.5. The van der Waals surface area contributed by atoms with Crippen LogP contribution in [0.3, 0.4) is 0 Å². The second kappa shape index (κ2) is 5.08. The van der Waals surface area contributed by atoms with E-state index >= 15 is 0 Å². The Hall–Kier alpha value is -0.770. The molecule has 3 rings (SSSR count). The molecule has 0 aliphatic carbocycles. The van der Waals surface area contributed by atoms with Crippen molar-refractivity contribution in [2.24, 2.45) is 5.92 Å². The molecule has 0 spiro atoms. The summed E-state index contributed by atoms with van der Waals surface area (Å²) in [6.07, 6.45) is 2.30. The molecule has 2 aliphatic rings. The first-order chi connectivity index (χ1) is 8.74. The molecule has 1 fully saturated rings. The molecule has 1 unspecified atom stereocenters. The Balaban J connectivity index is 1.80. The first-order valence-corrected chi connectivity index (χ1v) is 6.84. The van der Waals surface area contributed by atoms with Gasteiger partial charge in [0.2, 0.25) is 0 Å². The van der Waals surface area contributed by atoms with Gasteiger partial charge in [-0.05, 0) is 31.0 Å². The van der Waals surface area contributed by atoms with Gasteiger partial charge in [0.25, 0.3) is 0 Å². The second-order valence-electron chi connectivity index (χ2n) is 5.04. The molecule has 3 nitrogen and oxygen atoms in total. The Labute approximate surface area is 112 Å². The lowest BCUT2D eigenvalue weighted by molar-refractivity contribution is -0.0150. The molecule has 0 amide bonds. The lowest BCUT2D eigenvalue weighted by Gasteiger charge is -2.36. The molecule has 1 N–H and O–H groups in total. The minimum atomic E-state index is -0.472. The van der Waals surface area contributed by atoms with Crippen molar-refractivity contribution >= 4 is 11.6 Å². The van der Waals surface area contributed by atoms with Gasteiger partial charge in [-0.15, -0.1) is 0 Å². The number of ether oxygens (including phenoxy) is 2. The fourth-order valence-corrected chi connectivity index (χ4v) is 3.00. The molecule has 0 bridgehead atoms. The van der Waals surface area contributed by atoms with E-state index in [0.717, 1.165) is 37.4 Å². The SMILES string of the molecule is O[C@@H]1CC(C2CCOCC2)Oc2ccc(Cl)cc21. The van der Waals surface area contributed by atoms with E-state index < -0.39 is 6.10 Å². The van der Waals surface area contributed by atoms with Crippen molar-refractivity contribution in [3.63, 3.8) is 0 Å². The van der Waals surface area contributed by atoms with Crippen molar-refractivity contribution in [1.29, 1.82) is 0 Å². The van der Waals surface area contributed by atoms with Crippen LogP contribution in [0.4, 0.5) is 0 Å². The van der Waals surface area contributed by atoms with Crippen LogP contribution in [0.2, 0.25) is 5.02 Å². The summed E-state index contributed by atoms with van der Waals surface area (Å²) in [7, 11) is 0. The number of hydrogen-bond acceptors (Lipinski definition) is 3. The Morgan fingerprint density at radius 2 is 2.00 bits per heavy atom. The van der Waals surface area contributed by atoms with E-state index in [4.69, 9.17) is 21.1 Å². The number of fused-ring (bicyclic) bond motifs is 1. The highest BCUT2D eigenvalue weighted by molar-refractivity contribution is 6.30. The predicted molar refractivity (Wildman–Crippen MR) is 69.0 cm³/mol. The Morgan fingerprint density at radius 3 is 2.78 bits per heavy atom. The zero-order valence-electron chi connectivity index (χ0n) is 10.1. The molecule has 0 saturated carbocycles. The molecule has 98 valence electrons. The average Bonchev–Trinajstić information content (AvgIpc) is 2.40. The predicted octanol–water partition coefficient (Wildman–Crippen LogP) is 2.95. The van der Waals surface area contributed by atoms with Crippen molar-refractivity contribution < 1.29 is 14.6 Å². The molecule has 1 aromatic carbocycles. The monoisotopic (exact) mass is 268 g/mol. The number of rotatable bonds is 1. The zero-order valence-corrected chi connectivity index (χ0v) is 10.9. The molecule has 0 aromatic heterocycles. The van der Waals surface area contributed by atoms with Gasteiger partial charge in [-0.2, -0.15) is 0 Å². The van der Waals surface area contributed by atoms with Crippen LogP contribution in [-0.4, -0.2) is 24.4 Å². The third-order valence-electron chi connectivity index (χ3n) is 3.86. The summed E-state index contributed by atoms with van der Waals surface area (Å²) in [4.78, 5) is 0. The molecule has 4 heteroatoms. The lowest BCUT2D eigenvalue weighted by atomic mass is 9.87. The second-order valence-corrected chi connectivity index (χ2v) is 5.48. The summed E-state index contributed by atoms with van der Waals surface area (Å²) in [6.45, 7) is 1.60. The number of halogens is 1. The summed E-state index contributed by atoms with van der Waals surface area (Å²) >= 11 is 5.94. The van der Waals surface area contributed by atoms with Crippen LogP contribution < -0.4 is 4.74 Å².